The highest BCUT2D eigenvalue weighted by molar-refractivity contribution is 5.78. The molecule has 1 N–H and O–H groups in total. The summed E-state index contributed by atoms with van der Waals surface area (Å²) in [5.74, 6) is 0.539. The number of pyridine rings is 1. The number of nitrogens with zero attached hydrogens (tertiary/aromatic N) is 2. The summed E-state index contributed by atoms with van der Waals surface area (Å²) in [4.78, 5) is 16.3. The van der Waals surface area contributed by atoms with Crippen LogP contribution in [0.4, 0.5) is 13.2 Å². The zero-order valence-electron chi connectivity index (χ0n) is 14.6. The van der Waals surface area contributed by atoms with Gasteiger partial charge in [-0.25, -0.2) is 4.98 Å². The second kappa shape index (κ2) is 7.69. The van der Waals surface area contributed by atoms with Crippen LogP contribution in [0.5, 0.6) is 5.75 Å². The van der Waals surface area contributed by atoms with Crippen molar-refractivity contribution < 1.29 is 22.7 Å². The molecule has 0 unspecified atom stereocenters. The minimum atomic E-state index is -4.41. The average molecular weight is 377 g/mol. The number of carbonyl (C=O) groups excluding carboxylic acids is 1. The summed E-state index contributed by atoms with van der Waals surface area (Å²) in [6.07, 6.45) is -1.77. The highest BCUT2D eigenvalue weighted by Gasteiger charge is 2.30. The number of imidazole rings is 1. The molecule has 0 saturated carbocycles. The van der Waals surface area contributed by atoms with E-state index in [1.807, 2.05) is 19.1 Å². The minimum absolute atomic E-state index is 0.138. The first-order valence-electron chi connectivity index (χ1n) is 8.38. The molecule has 5 nitrogen and oxygen atoms in total. The Balaban J connectivity index is 1.59. The van der Waals surface area contributed by atoms with E-state index in [2.05, 4.69) is 10.3 Å². The molecular weight excluding hydrogens is 359 g/mol. The van der Waals surface area contributed by atoms with Crippen LogP contribution in [-0.4, -0.2) is 21.9 Å². The fourth-order valence-electron chi connectivity index (χ4n) is 2.60. The van der Waals surface area contributed by atoms with Crippen LogP contribution in [0, 0.1) is 0 Å². The number of aromatic nitrogens is 2. The Labute approximate surface area is 153 Å². The number of halogens is 3. The Morgan fingerprint density at radius 2 is 1.89 bits per heavy atom. The van der Waals surface area contributed by atoms with Crippen LogP contribution in [0.2, 0.25) is 0 Å². The molecule has 27 heavy (non-hydrogen) atoms. The maximum Gasteiger partial charge on any atom is 0.417 e. The highest BCUT2D eigenvalue weighted by Crippen LogP contribution is 2.29. The molecule has 2 heterocycles. The Kier molecular flexibility index (Phi) is 5.34. The molecule has 0 radical (unpaired) electrons. The lowest BCUT2D eigenvalue weighted by atomic mass is 10.1. The van der Waals surface area contributed by atoms with E-state index in [0.29, 0.717) is 17.9 Å². The van der Waals surface area contributed by atoms with E-state index in [-0.39, 0.29) is 18.9 Å². The van der Waals surface area contributed by atoms with Gasteiger partial charge in [-0.3, -0.25) is 4.79 Å². The molecule has 3 rings (SSSR count). The Bertz CT molecular complexity index is 934. The molecule has 0 bridgehead atoms. The maximum absolute atomic E-state index is 12.8. The van der Waals surface area contributed by atoms with Gasteiger partial charge in [-0.2, -0.15) is 13.2 Å². The molecule has 0 spiro atoms. The Morgan fingerprint density at radius 3 is 2.56 bits per heavy atom. The van der Waals surface area contributed by atoms with Gasteiger partial charge in [-0.05, 0) is 36.8 Å². The fourth-order valence-corrected chi connectivity index (χ4v) is 2.60. The quantitative estimate of drug-likeness (QED) is 0.714. The zero-order chi connectivity index (χ0) is 19.4. The molecule has 142 valence electrons. The summed E-state index contributed by atoms with van der Waals surface area (Å²) >= 11 is 0. The van der Waals surface area contributed by atoms with Crippen LogP contribution >= 0.6 is 0 Å². The summed E-state index contributed by atoms with van der Waals surface area (Å²) < 4.78 is 44.9. The maximum atomic E-state index is 12.8. The van der Waals surface area contributed by atoms with Crippen LogP contribution in [-0.2, 0) is 23.9 Å². The monoisotopic (exact) mass is 377 g/mol. The number of carbonyl (C=O) groups is 1. The molecule has 0 fully saturated rings. The van der Waals surface area contributed by atoms with Crippen LogP contribution in [0.25, 0.3) is 5.65 Å². The molecule has 0 aliphatic rings. The third-order valence-corrected chi connectivity index (χ3v) is 3.89. The van der Waals surface area contributed by atoms with Crippen molar-refractivity contribution in [1.29, 1.82) is 0 Å². The highest BCUT2D eigenvalue weighted by atomic mass is 19.4. The summed E-state index contributed by atoms with van der Waals surface area (Å²) in [5, 5.41) is 2.72. The normalized spacial score (nSPS) is 11.6. The summed E-state index contributed by atoms with van der Waals surface area (Å²) in [7, 11) is 0. The van der Waals surface area contributed by atoms with Gasteiger partial charge in [-0.1, -0.05) is 12.1 Å². The first-order valence-corrected chi connectivity index (χ1v) is 8.38. The third-order valence-electron chi connectivity index (χ3n) is 3.89. The van der Waals surface area contributed by atoms with Crippen molar-refractivity contribution in [2.24, 2.45) is 0 Å². The molecule has 1 aromatic carbocycles. The van der Waals surface area contributed by atoms with E-state index < -0.39 is 11.7 Å². The van der Waals surface area contributed by atoms with E-state index in [1.54, 1.807) is 12.1 Å². The molecule has 0 atom stereocenters. The number of benzene rings is 1. The van der Waals surface area contributed by atoms with Gasteiger partial charge in [0, 0.05) is 12.4 Å². The van der Waals surface area contributed by atoms with Crippen LogP contribution in [0.15, 0.2) is 48.8 Å². The average Bonchev–Trinajstić information content (AvgIpc) is 3.03. The van der Waals surface area contributed by atoms with Gasteiger partial charge in [0.25, 0.3) is 0 Å². The lowest BCUT2D eigenvalue weighted by Crippen LogP contribution is -2.24. The largest absolute Gasteiger partial charge is 0.494 e. The summed E-state index contributed by atoms with van der Waals surface area (Å²) in [5.41, 5.74) is 0.951. The molecule has 3 aromatic rings. The van der Waals surface area contributed by atoms with Gasteiger partial charge < -0.3 is 14.5 Å². The van der Waals surface area contributed by atoms with E-state index >= 15 is 0 Å². The van der Waals surface area contributed by atoms with E-state index in [4.69, 9.17) is 4.74 Å². The van der Waals surface area contributed by atoms with Crippen molar-refractivity contribution >= 4 is 11.6 Å². The molecule has 0 aliphatic heterocycles. The molecule has 1 amide bonds. The van der Waals surface area contributed by atoms with Crippen molar-refractivity contribution in [2.45, 2.75) is 26.1 Å². The SMILES string of the molecule is CCOc1ccc(CC(=O)NCc2cn3cc(C(F)(F)F)ccc3n2)cc1. The fraction of sp³-hybridized carbons (Fsp3) is 0.263. The van der Waals surface area contributed by atoms with Crippen molar-refractivity contribution in [3.05, 3.63) is 65.6 Å². The molecule has 0 saturated heterocycles. The number of fused-ring (bicyclic) bond motifs is 1. The lowest BCUT2D eigenvalue weighted by molar-refractivity contribution is -0.137. The van der Waals surface area contributed by atoms with E-state index in [1.165, 1.54) is 16.7 Å². The lowest BCUT2D eigenvalue weighted by Gasteiger charge is -2.06. The minimum Gasteiger partial charge on any atom is -0.494 e. The predicted molar refractivity (Wildman–Crippen MR) is 93.4 cm³/mol. The molecule has 2 aromatic heterocycles. The number of hydrogen-bond acceptors (Lipinski definition) is 3. The van der Waals surface area contributed by atoms with Gasteiger partial charge in [0.2, 0.25) is 5.91 Å². The number of amides is 1. The first-order chi connectivity index (χ1) is 12.8. The van der Waals surface area contributed by atoms with Crippen LogP contribution < -0.4 is 10.1 Å². The van der Waals surface area contributed by atoms with Gasteiger partial charge >= 0.3 is 6.18 Å². The summed E-state index contributed by atoms with van der Waals surface area (Å²) in [6, 6.07) is 9.51. The van der Waals surface area contributed by atoms with Gasteiger partial charge in [0.1, 0.15) is 11.4 Å². The van der Waals surface area contributed by atoms with Crippen molar-refractivity contribution in [1.82, 2.24) is 14.7 Å². The molecular formula is C19H18F3N3O2. The van der Waals surface area contributed by atoms with Crippen molar-refractivity contribution in [3.63, 3.8) is 0 Å². The second-order valence-electron chi connectivity index (χ2n) is 5.94. The summed E-state index contributed by atoms with van der Waals surface area (Å²) in [6.45, 7) is 2.60. The first kappa shape index (κ1) is 18.8. The van der Waals surface area contributed by atoms with Crippen LogP contribution in [0.1, 0.15) is 23.7 Å². The Hall–Kier alpha value is -3.03. The van der Waals surface area contributed by atoms with Crippen LogP contribution in [0.3, 0.4) is 0 Å². The number of nitrogens with one attached hydrogen (secondary N) is 1. The number of ether oxygens (including phenoxy) is 1. The number of hydrogen-bond donors (Lipinski definition) is 1. The molecule has 8 heteroatoms. The topological polar surface area (TPSA) is 55.6 Å². The Morgan fingerprint density at radius 1 is 1.15 bits per heavy atom. The zero-order valence-corrected chi connectivity index (χ0v) is 14.6. The standard InChI is InChI=1S/C19H18F3N3O2/c1-2-27-16-6-3-13(4-7-16)9-18(26)23-10-15-12-25-11-14(19(20,21)22)5-8-17(25)24-15/h3-8,11-12H,2,9-10H2,1H3,(H,23,26). The van der Waals surface area contributed by atoms with Gasteiger partial charge in [0.15, 0.2) is 0 Å². The number of alkyl halides is 3. The second-order valence-corrected chi connectivity index (χ2v) is 5.94. The van der Waals surface area contributed by atoms with Gasteiger partial charge in [-0.15, -0.1) is 0 Å². The van der Waals surface area contributed by atoms with E-state index in [9.17, 15) is 18.0 Å². The predicted octanol–water partition coefficient (Wildman–Crippen LogP) is 3.61. The van der Waals surface area contributed by atoms with Crippen molar-refractivity contribution in [3.8, 4) is 5.75 Å². The third kappa shape index (κ3) is 4.78. The van der Waals surface area contributed by atoms with Crippen molar-refractivity contribution in [2.75, 3.05) is 6.61 Å². The smallest absolute Gasteiger partial charge is 0.417 e. The number of rotatable bonds is 6. The van der Waals surface area contributed by atoms with E-state index in [0.717, 1.165) is 23.6 Å². The van der Waals surface area contributed by atoms with Gasteiger partial charge in [0.05, 0.1) is 30.8 Å². The molecule has 0 aliphatic carbocycles.